The third kappa shape index (κ3) is 3.02. The zero-order chi connectivity index (χ0) is 15.4. The van der Waals surface area contributed by atoms with E-state index in [4.69, 9.17) is 19.3 Å². The smallest absolute Gasteiger partial charge is 0.328 e. The Morgan fingerprint density at radius 1 is 1.14 bits per heavy atom. The molecule has 1 aromatic carbocycles. The van der Waals surface area contributed by atoms with Crippen LogP contribution in [-0.2, 0) is 11.2 Å². The van der Waals surface area contributed by atoms with Crippen molar-refractivity contribution < 1.29 is 24.1 Å². The van der Waals surface area contributed by atoms with E-state index in [0.29, 0.717) is 17.2 Å². The molecule has 0 aliphatic heterocycles. The number of rotatable bonds is 5. The second-order valence-corrected chi connectivity index (χ2v) is 4.61. The van der Waals surface area contributed by atoms with Gasteiger partial charge in [0.25, 0.3) is 0 Å². The highest BCUT2D eigenvalue weighted by Gasteiger charge is 2.21. The van der Waals surface area contributed by atoms with Crippen molar-refractivity contribution in [3.8, 4) is 17.2 Å². The molecule has 0 spiro atoms. The summed E-state index contributed by atoms with van der Waals surface area (Å²) >= 11 is 0. The number of carbonyl (C=O) groups is 1. The van der Waals surface area contributed by atoms with Crippen molar-refractivity contribution in [3.05, 3.63) is 34.9 Å². The number of allylic oxidation sites excluding steroid dienone is 2. The molecule has 112 valence electrons. The van der Waals surface area contributed by atoms with Crippen LogP contribution in [-0.4, -0.2) is 32.4 Å². The maximum absolute atomic E-state index is 10.6. The van der Waals surface area contributed by atoms with Gasteiger partial charge in [-0.2, -0.15) is 0 Å². The molecule has 1 aromatic rings. The van der Waals surface area contributed by atoms with E-state index in [-0.39, 0.29) is 0 Å². The molecule has 0 bridgehead atoms. The first kappa shape index (κ1) is 15.0. The maximum atomic E-state index is 10.6. The number of fused-ring (bicyclic) bond motifs is 1. The van der Waals surface area contributed by atoms with Crippen LogP contribution >= 0.6 is 0 Å². The molecule has 2 rings (SSSR count). The van der Waals surface area contributed by atoms with Crippen molar-refractivity contribution in [1.29, 1.82) is 0 Å². The Balaban J connectivity index is 2.54. The number of methoxy groups -OCH3 is 3. The molecule has 0 atom stereocenters. The van der Waals surface area contributed by atoms with Gasteiger partial charge >= 0.3 is 5.97 Å². The first-order valence-corrected chi connectivity index (χ1v) is 6.54. The predicted octanol–water partition coefficient (Wildman–Crippen LogP) is 2.68. The van der Waals surface area contributed by atoms with Gasteiger partial charge in [-0.25, -0.2) is 4.79 Å². The lowest BCUT2D eigenvalue weighted by Crippen LogP contribution is -2.04. The van der Waals surface area contributed by atoms with Crippen LogP contribution in [0.5, 0.6) is 17.2 Å². The van der Waals surface area contributed by atoms with Gasteiger partial charge in [0, 0.05) is 11.6 Å². The highest BCUT2D eigenvalue weighted by molar-refractivity contribution is 5.81. The minimum Gasteiger partial charge on any atom is -0.493 e. The molecule has 0 saturated carbocycles. The summed E-state index contributed by atoms with van der Waals surface area (Å²) in [6, 6.07) is 1.94. The molecule has 1 aliphatic carbocycles. The number of carboxylic acids is 1. The van der Waals surface area contributed by atoms with Crippen LogP contribution in [0.1, 0.15) is 17.5 Å². The van der Waals surface area contributed by atoms with Crippen molar-refractivity contribution in [3.63, 3.8) is 0 Å². The third-order valence-corrected chi connectivity index (χ3v) is 3.41. The summed E-state index contributed by atoms with van der Waals surface area (Å²) in [4.78, 5) is 10.6. The molecule has 5 nitrogen and oxygen atoms in total. The summed E-state index contributed by atoms with van der Waals surface area (Å²) < 4.78 is 16.2. The fourth-order valence-electron chi connectivity index (χ4n) is 2.44. The zero-order valence-corrected chi connectivity index (χ0v) is 12.3. The third-order valence-electron chi connectivity index (χ3n) is 3.41. The van der Waals surface area contributed by atoms with Crippen LogP contribution < -0.4 is 14.2 Å². The monoisotopic (exact) mass is 290 g/mol. The minimum absolute atomic E-state index is 0.540. The van der Waals surface area contributed by atoms with Gasteiger partial charge in [0.2, 0.25) is 5.75 Å². The van der Waals surface area contributed by atoms with E-state index >= 15 is 0 Å². The lowest BCUT2D eigenvalue weighted by atomic mass is 9.90. The standard InChI is InChI=1S/C16H18O5/c1-19-13-9-11-6-4-10(5-7-14(17)18)8-12(11)15(20-2)16(13)21-3/h5,7-9H,4,6H2,1-3H3,(H,17,18). The zero-order valence-electron chi connectivity index (χ0n) is 12.3. The van der Waals surface area contributed by atoms with Gasteiger partial charge in [0.15, 0.2) is 11.5 Å². The van der Waals surface area contributed by atoms with E-state index in [1.165, 1.54) is 0 Å². The second-order valence-electron chi connectivity index (χ2n) is 4.61. The molecular formula is C16H18O5. The normalized spacial score (nSPS) is 13.6. The number of benzene rings is 1. The van der Waals surface area contributed by atoms with Crippen molar-refractivity contribution >= 4 is 12.0 Å². The molecule has 1 N–H and O–H groups in total. The molecular weight excluding hydrogens is 272 g/mol. The molecule has 21 heavy (non-hydrogen) atoms. The molecule has 0 fully saturated rings. The Labute approximate surface area is 123 Å². The summed E-state index contributed by atoms with van der Waals surface area (Å²) in [7, 11) is 4.72. The molecule has 0 saturated heterocycles. The van der Waals surface area contributed by atoms with Crippen LogP contribution in [0.15, 0.2) is 23.8 Å². The Hall–Kier alpha value is -2.43. The summed E-state index contributed by atoms with van der Waals surface area (Å²) in [5, 5.41) is 8.72. The Morgan fingerprint density at radius 2 is 1.86 bits per heavy atom. The lowest BCUT2D eigenvalue weighted by molar-refractivity contribution is -0.131. The van der Waals surface area contributed by atoms with Gasteiger partial charge in [-0.1, -0.05) is 6.08 Å². The van der Waals surface area contributed by atoms with Crippen molar-refractivity contribution in [2.75, 3.05) is 21.3 Å². The number of hydrogen-bond donors (Lipinski definition) is 1. The minimum atomic E-state index is -0.957. The summed E-state index contributed by atoms with van der Waals surface area (Å²) in [5.41, 5.74) is 2.94. The fraction of sp³-hybridized carbons (Fsp3) is 0.312. The highest BCUT2D eigenvalue weighted by atomic mass is 16.5. The van der Waals surface area contributed by atoms with Crippen molar-refractivity contribution in [1.82, 2.24) is 0 Å². The molecule has 0 amide bonds. The number of aryl methyl sites for hydroxylation is 1. The number of hydrogen-bond acceptors (Lipinski definition) is 4. The summed E-state index contributed by atoms with van der Waals surface area (Å²) in [5.74, 6) is 0.818. The molecule has 0 unspecified atom stereocenters. The van der Waals surface area contributed by atoms with Gasteiger partial charge in [0.1, 0.15) is 0 Å². The molecule has 5 heteroatoms. The van der Waals surface area contributed by atoms with Crippen LogP contribution in [0, 0.1) is 0 Å². The molecule has 0 heterocycles. The Kier molecular flexibility index (Phi) is 4.52. The van der Waals surface area contributed by atoms with Gasteiger partial charge in [-0.15, -0.1) is 0 Å². The lowest BCUT2D eigenvalue weighted by Gasteiger charge is -2.21. The average molecular weight is 290 g/mol. The van der Waals surface area contributed by atoms with E-state index in [9.17, 15) is 4.79 Å². The van der Waals surface area contributed by atoms with Gasteiger partial charge in [0.05, 0.1) is 21.3 Å². The quantitative estimate of drug-likeness (QED) is 0.845. The van der Waals surface area contributed by atoms with E-state index < -0.39 is 5.97 Å². The topological polar surface area (TPSA) is 65.0 Å². The van der Waals surface area contributed by atoms with Crippen molar-refractivity contribution in [2.24, 2.45) is 0 Å². The van der Waals surface area contributed by atoms with Crippen LogP contribution in [0.2, 0.25) is 0 Å². The Morgan fingerprint density at radius 3 is 2.43 bits per heavy atom. The SMILES string of the molecule is COc1cc2c(c(OC)c1OC)C=C(C=CC(=O)O)CC2. The summed E-state index contributed by atoms with van der Waals surface area (Å²) in [6.45, 7) is 0. The number of aliphatic carboxylic acids is 1. The van der Waals surface area contributed by atoms with Crippen LogP contribution in [0.4, 0.5) is 0 Å². The van der Waals surface area contributed by atoms with Gasteiger partial charge in [-0.3, -0.25) is 0 Å². The van der Waals surface area contributed by atoms with Crippen molar-refractivity contribution in [2.45, 2.75) is 12.8 Å². The maximum Gasteiger partial charge on any atom is 0.328 e. The summed E-state index contributed by atoms with van der Waals surface area (Å²) in [6.07, 6.45) is 6.25. The van der Waals surface area contributed by atoms with Gasteiger partial charge in [-0.05, 0) is 36.1 Å². The largest absolute Gasteiger partial charge is 0.493 e. The predicted molar refractivity (Wildman–Crippen MR) is 79.2 cm³/mol. The Bertz CT molecular complexity index is 614. The van der Waals surface area contributed by atoms with E-state index in [1.54, 1.807) is 27.4 Å². The van der Waals surface area contributed by atoms with Crippen LogP contribution in [0.3, 0.4) is 0 Å². The van der Waals surface area contributed by atoms with E-state index in [0.717, 1.165) is 35.6 Å². The molecule has 0 aromatic heterocycles. The fourth-order valence-corrected chi connectivity index (χ4v) is 2.44. The first-order chi connectivity index (χ1) is 10.1. The van der Waals surface area contributed by atoms with Crippen LogP contribution in [0.25, 0.3) is 6.08 Å². The molecule has 1 aliphatic rings. The van der Waals surface area contributed by atoms with Gasteiger partial charge < -0.3 is 19.3 Å². The molecule has 0 radical (unpaired) electrons. The first-order valence-electron chi connectivity index (χ1n) is 6.54. The van der Waals surface area contributed by atoms with E-state index in [2.05, 4.69) is 0 Å². The van der Waals surface area contributed by atoms with E-state index in [1.807, 2.05) is 12.1 Å². The number of ether oxygens (including phenoxy) is 3. The second kappa shape index (κ2) is 6.35. The highest BCUT2D eigenvalue weighted by Crippen LogP contribution is 2.45. The number of carboxylic acid groups (broad SMARTS) is 1. The average Bonchev–Trinajstić information content (AvgIpc) is 2.50.